The normalized spacial score (nSPS) is 20.0. The summed E-state index contributed by atoms with van der Waals surface area (Å²) >= 11 is 0. The first-order chi connectivity index (χ1) is 6.65. The van der Waals surface area contributed by atoms with Crippen LogP contribution in [-0.2, 0) is 9.59 Å². The van der Waals surface area contributed by atoms with Crippen LogP contribution in [0.1, 0.15) is 39.0 Å². The molecule has 1 fully saturated rings. The van der Waals surface area contributed by atoms with Gasteiger partial charge in [-0.3, -0.25) is 14.5 Å². The van der Waals surface area contributed by atoms with E-state index in [1.807, 2.05) is 6.92 Å². The zero-order valence-electron chi connectivity index (χ0n) is 8.66. The van der Waals surface area contributed by atoms with Gasteiger partial charge in [0.1, 0.15) is 0 Å². The monoisotopic (exact) mass is 198 g/mol. The minimum Gasteiger partial charge on any atom is -0.326 e. The highest BCUT2D eigenvalue weighted by atomic mass is 16.2. The van der Waals surface area contributed by atoms with Crippen LogP contribution in [0.25, 0.3) is 0 Å². The smallest absolute Gasteiger partial charge is 0.229 e. The van der Waals surface area contributed by atoms with Crippen molar-refractivity contribution in [1.29, 1.82) is 0 Å². The second-order valence-electron chi connectivity index (χ2n) is 3.80. The number of likely N-dealkylation sites (tertiary alicyclic amines) is 1. The molecule has 1 aliphatic heterocycles. The van der Waals surface area contributed by atoms with Crippen LogP contribution in [-0.4, -0.2) is 29.3 Å². The average molecular weight is 198 g/mol. The third-order valence-electron chi connectivity index (χ3n) is 2.46. The van der Waals surface area contributed by atoms with E-state index < -0.39 is 0 Å². The van der Waals surface area contributed by atoms with Crippen molar-refractivity contribution in [3.8, 4) is 0 Å². The standard InChI is InChI=1S/C10H18N2O2/c1-2-4-8(11)7-12-9(13)5-3-6-10(12)14/h8H,2-7,11H2,1H3. The summed E-state index contributed by atoms with van der Waals surface area (Å²) in [5.41, 5.74) is 5.79. The lowest BCUT2D eigenvalue weighted by atomic mass is 10.1. The van der Waals surface area contributed by atoms with Crippen molar-refractivity contribution in [1.82, 2.24) is 4.90 Å². The number of rotatable bonds is 4. The number of piperidine rings is 1. The maximum atomic E-state index is 11.4. The van der Waals surface area contributed by atoms with Gasteiger partial charge in [-0.15, -0.1) is 0 Å². The number of nitrogens with two attached hydrogens (primary N) is 1. The molecule has 4 heteroatoms. The van der Waals surface area contributed by atoms with Crippen LogP contribution in [0.4, 0.5) is 0 Å². The summed E-state index contributed by atoms with van der Waals surface area (Å²) in [5.74, 6) is -0.124. The van der Waals surface area contributed by atoms with Crippen LogP contribution >= 0.6 is 0 Å². The molecule has 1 atom stereocenters. The molecule has 14 heavy (non-hydrogen) atoms. The molecule has 4 nitrogen and oxygen atoms in total. The van der Waals surface area contributed by atoms with Gasteiger partial charge in [-0.2, -0.15) is 0 Å². The number of amides is 2. The molecular formula is C10H18N2O2. The Balaban J connectivity index is 2.47. The van der Waals surface area contributed by atoms with Crippen LogP contribution in [0.2, 0.25) is 0 Å². The molecule has 2 amide bonds. The molecule has 1 unspecified atom stereocenters. The molecular weight excluding hydrogens is 180 g/mol. The lowest BCUT2D eigenvalue weighted by Crippen LogP contribution is -2.46. The molecule has 1 heterocycles. The fourth-order valence-corrected chi connectivity index (χ4v) is 1.70. The van der Waals surface area contributed by atoms with E-state index >= 15 is 0 Å². The van der Waals surface area contributed by atoms with Gasteiger partial charge in [0.25, 0.3) is 0 Å². The van der Waals surface area contributed by atoms with Gasteiger partial charge in [0.05, 0.1) is 0 Å². The third-order valence-corrected chi connectivity index (χ3v) is 2.46. The Morgan fingerprint density at radius 2 is 1.93 bits per heavy atom. The van der Waals surface area contributed by atoms with Crippen LogP contribution in [0.5, 0.6) is 0 Å². The summed E-state index contributed by atoms with van der Waals surface area (Å²) in [4.78, 5) is 24.1. The molecule has 0 aliphatic carbocycles. The van der Waals surface area contributed by atoms with E-state index in [4.69, 9.17) is 5.73 Å². The molecule has 1 rings (SSSR count). The van der Waals surface area contributed by atoms with Gasteiger partial charge < -0.3 is 5.73 Å². The van der Waals surface area contributed by atoms with E-state index in [9.17, 15) is 9.59 Å². The van der Waals surface area contributed by atoms with Crippen molar-refractivity contribution in [2.45, 2.75) is 45.1 Å². The highest BCUT2D eigenvalue weighted by Crippen LogP contribution is 2.12. The van der Waals surface area contributed by atoms with Crippen molar-refractivity contribution in [3.05, 3.63) is 0 Å². The van der Waals surface area contributed by atoms with E-state index in [2.05, 4.69) is 0 Å². The van der Waals surface area contributed by atoms with Crippen LogP contribution in [0.3, 0.4) is 0 Å². The van der Waals surface area contributed by atoms with Crippen molar-refractivity contribution >= 4 is 11.8 Å². The third kappa shape index (κ3) is 2.80. The number of carbonyl (C=O) groups is 2. The van der Waals surface area contributed by atoms with Gasteiger partial charge >= 0.3 is 0 Å². The van der Waals surface area contributed by atoms with Gasteiger partial charge in [0, 0.05) is 25.4 Å². The lowest BCUT2D eigenvalue weighted by molar-refractivity contribution is -0.148. The summed E-state index contributed by atoms with van der Waals surface area (Å²) in [6.07, 6.45) is 3.51. The molecule has 0 aromatic heterocycles. The Kier molecular flexibility index (Phi) is 4.07. The van der Waals surface area contributed by atoms with Gasteiger partial charge in [0.15, 0.2) is 0 Å². The number of hydrogen-bond donors (Lipinski definition) is 1. The van der Waals surface area contributed by atoms with Crippen molar-refractivity contribution in [2.75, 3.05) is 6.54 Å². The Morgan fingerprint density at radius 1 is 1.36 bits per heavy atom. The van der Waals surface area contributed by atoms with Crippen molar-refractivity contribution in [2.24, 2.45) is 5.73 Å². The number of imide groups is 1. The van der Waals surface area contributed by atoms with Crippen molar-refractivity contribution in [3.63, 3.8) is 0 Å². The minimum absolute atomic E-state index is 0.0622. The van der Waals surface area contributed by atoms with Crippen LogP contribution in [0.15, 0.2) is 0 Å². The summed E-state index contributed by atoms with van der Waals surface area (Å²) in [6, 6.07) is -0.0639. The minimum atomic E-state index is -0.0639. The Bertz CT molecular complexity index is 212. The molecule has 1 saturated heterocycles. The van der Waals surface area contributed by atoms with Crippen LogP contribution in [0, 0.1) is 0 Å². The van der Waals surface area contributed by atoms with Crippen LogP contribution < -0.4 is 5.73 Å². The van der Waals surface area contributed by atoms with E-state index in [1.165, 1.54) is 4.90 Å². The average Bonchev–Trinajstić information content (AvgIpc) is 2.12. The van der Waals surface area contributed by atoms with Gasteiger partial charge in [-0.05, 0) is 12.8 Å². The number of hydrogen-bond acceptors (Lipinski definition) is 3. The molecule has 0 bridgehead atoms. The highest BCUT2D eigenvalue weighted by molar-refractivity contribution is 5.97. The second kappa shape index (κ2) is 5.10. The van der Waals surface area contributed by atoms with Gasteiger partial charge in [-0.1, -0.05) is 13.3 Å². The predicted octanol–water partition coefficient (Wildman–Crippen LogP) is 0.653. The lowest BCUT2D eigenvalue weighted by Gasteiger charge is -2.27. The second-order valence-corrected chi connectivity index (χ2v) is 3.80. The number of nitrogens with zero attached hydrogens (tertiary/aromatic N) is 1. The molecule has 0 aromatic carbocycles. The Hall–Kier alpha value is -0.900. The first-order valence-electron chi connectivity index (χ1n) is 5.24. The summed E-state index contributed by atoms with van der Waals surface area (Å²) < 4.78 is 0. The summed E-state index contributed by atoms with van der Waals surface area (Å²) in [5, 5.41) is 0. The first-order valence-corrected chi connectivity index (χ1v) is 5.24. The Morgan fingerprint density at radius 3 is 2.43 bits per heavy atom. The fourth-order valence-electron chi connectivity index (χ4n) is 1.70. The highest BCUT2D eigenvalue weighted by Gasteiger charge is 2.26. The zero-order valence-corrected chi connectivity index (χ0v) is 8.66. The molecule has 1 aliphatic rings. The molecule has 0 spiro atoms. The molecule has 0 aromatic rings. The SMILES string of the molecule is CCCC(N)CN1C(=O)CCCC1=O. The fraction of sp³-hybridized carbons (Fsp3) is 0.800. The maximum absolute atomic E-state index is 11.4. The molecule has 80 valence electrons. The van der Waals surface area contributed by atoms with Gasteiger partial charge in [-0.25, -0.2) is 0 Å². The molecule has 2 N–H and O–H groups in total. The predicted molar refractivity (Wildman–Crippen MR) is 53.5 cm³/mol. The molecule has 0 saturated carbocycles. The Labute approximate surface area is 84.4 Å². The summed E-state index contributed by atoms with van der Waals surface area (Å²) in [7, 11) is 0. The largest absolute Gasteiger partial charge is 0.326 e. The molecule has 0 radical (unpaired) electrons. The van der Waals surface area contributed by atoms with Crippen molar-refractivity contribution < 1.29 is 9.59 Å². The van der Waals surface area contributed by atoms with E-state index in [0.29, 0.717) is 25.8 Å². The van der Waals surface area contributed by atoms with Gasteiger partial charge in [0.2, 0.25) is 11.8 Å². The van der Waals surface area contributed by atoms with E-state index in [1.54, 1.807) is 0 Å². The topological polar surface area (TPSA) is 63.4 Å². The quantitative estimate of drug-likeness (QED) is 0.675. The van der Waals surface area contributed by atoms with E-state index in [-0.39, 0.29) is 17.9 Å². The number of carbonyl (C=O) groups excluding carboxylic acids is 2. The maximum Gasteiger partial charge on any atom is 0.229 e. The van der Waals surface area contributed by atoms with E-state index in [0.717, 1.165) is 12.8 Å². The first kappa shape index (κ1) is 11.2. The zero-order chi connectivity index (χ0) is 10.6. The summed E-state index contributed by atoms with van der Waals surface area (Å²) in [6.45, 7) is 2.44.